The van der Waals surface area contributed by atoms with Crippen LogP contribution in [0.15, 0.2) is 18.2 Å². The largest absolute Gasteiger partial charge is 0.376 e. The van der Waals surface area contributed by atoms with Crippen LogP contribution in [0.5, 0.6) is 0 Å². The Morgan fingerprint density at radius 1 is 1.37 bits per heavy atom. The Bertz CT molecular complexity index is 991. The molecule has 0 radical (unpaired) electrons. The molecule has 27 heavy (non-hydrogen) atoms. The number of ether oxygens (including phenoxy) is 1. The molecule has 1 aliphatic heterocycles. The Kier molecular flexibility index (Phi) is 4.78. The monoisotopic (exact) mass is 367 g/mol. The molecular weight excluding hydrogens is 342 g/mol. The maximum absolute atomic E-state index is 12.6. The maximum Gasteiger partial charge on any atom is 0.222 e. The molecule has 0 N–H and O–H groups in total. The molecule has 1 amide bonds. The summed E-state index contributed by atoms with van der Waals surface area (Å²) in [7, 11) is 0. The normalized spacial score (nSPS) is 17.1. The number of carbonyl (C=O) groups is 1. The third-order valence-electron chi connectivity index (χ3n) is 5.50. The van der Waals surface area contributed by atoms with Crippen LogP contribution in [0.25, 0.3) is 16.6 Å². The number of benzene rings is 1. The number of pyridine rings is 1. The summed E-state index contributed by atoms with van der Waals surface area (Å²) in [5, 5.41) is 13.4. The van der Waals surface area contributed by atoms with Crippen molar-refractivity contribution in [1.29, 1.82) is 0 Å². The molecule has 4 rings (SSSR count). The fourth-order valence-corrected chi connectivity index (χ4v) is 3.84. The van der Waals surface area contributed by atoms with Crippen molar-refractivity contribution in [2.24, 2.45) is 0 Å². The molecule has 1 atom stereocenters. The van der Waals surface area contributed by atoms with Crippen molar-refractivity contribution in [2.75, 3.05) is 13.2 Å². The zero-order valence-electron chi connectivity index (χ0n) is 16.1. The Labute approximate surface area is 158 Å². The summed E-state index contributed by atoms with van der Waals surface area (Å²) in [5.41, 5.74) is 5.05. The van der Waals surface area contributed by atoms with E-state index in [9.17, 15) is 4.79 Å². The fraction of sp³-hybridized carbons (Fsp3) is 0.500. The summed E-state index contributed by atoms with van der Waals surface area (Å²) >= 11 is 0. The van der Waals surface area contributed by atoms with Gasteiger partial charge >= 0.3 is 0 Å². The minimum absolute atomic E-state index is 0.122. The van der Waals surface area contributed by atoms with E-state index < -0.39 is 0 Å². The number of hydrogen-bond donors (Lipinski definition) is 0. The van der Waals surface area contributed by atoms with E-state index in [1.54, 1.807) is 4.52 Å². The van der Waals surface area contributed by atoms with Gasteiger partial charge < -0.3 is 9.64 Å². The van der Waals surface area contributed by atoms with Gasteiger partial charge in [-0.1, -0.05) is 19.1 Å². The molecule has 7 heteroatoms. The molecule has 2 aromatic heterocycles. The summed E-state index contributed by atoms with van der Waals surface area (Å²) in [5.74, 6) is 0.122. The third-order valence-corrected chi connectivity index (χ3v) is 5.50. The van der Waals surface area contributed by atoms with Crippen molar-refractivity contribution in [3.63, 3.8) is 0 Å². The number of amides is 1. The highest BCUT2D eigenvalue weighted by atomic mass is 16.5. The van der Waals surface area contributed by atoms with E-state index >= 15 is 0 Å². The SMILES string of the molecule is CCC(=O)N(Cc1cc2ccc(C)c(C)c2n2nnnc12)C[C@H]1CCCO1. The minimum Gasteiger partial charge on any atom is -0.376 e. The first-order chi connectivity index (χ1) is 13.1. The van der Waals surface area contributed by atoms with Crippen LogP contribution in [0.1, 0.15) is 42.9 Å². The van der Waals surface area contributed by atoms with Crippen LogP contribution in [0.3, 0.4) is 0 Å². The number of tetrazole rings is 1. The molecule has 1 aromatic carbocycles. The van der Waals surface area contributed by atoms with Crippen LogP contribution in [0.4, 0.5) is 0 Å². The minimum atomic E-state index is 0.122. The lowest BCUT2D eigenvalue weighted by Crippen LogP contribution is -2.36. The Hall–Kier alpha value is -2.54. The molecule has 3 aromatic rings. The van der Waals surface area contributed by atoms with E-state index in [4.69, 9.17) is 4.74 Å². The van der Waals surface area contributed by atoms with Crippen molar-refractivity contribution < 1.29 is 9.53 Å². The number of carbonyl (C=O) groups excluding carboxylic acids is 1. The molecule has 1 saturated heterocycles. The maximum atomic E-state index is 12.6. The molecule has 3 heterocycles. The molecule has 142 valence electrons. The Balaban J connectivity index is 1.75. The predicted octanol–water partition coefficient (Wildman–Crippen LogP) is 2.81. The Morgan fingerprint density at radius 2 is 2.22 bits per heavy atom. The first kappa shape index (κ1) is 17.9. The lowest BCUT2D eigenvalue weighted by atomic mass is 10.0. The highest BCUT2D eigenvalue weighted by molar-refractivity contribution is 5.87. The van der Waals surface area contributed by atoms with E-state index in [0.29, 0.717) is 25.2 Å². The molecule has 0 bridgehead atoms. The molecule has 1 aliphatic rings. The second kappa shape index (κ2) is 7.23. The number of nitrogens with zero attached hydrogens (tertiary/aromatic N) is 5. The van der Waals surface area contributed by atoms with Gasteiger partial charge in [-0.05, 0) is 54.3 Å². The number of aryl methyl sites for hydroxylation is 2. The van der Waals surface area contributed by atoms with Gasteiger partial charge in [0.15, 0.2) is 5.65 Å². The average molecular weight is 367 g/mol. The predicted molar refractivity (Wildman–Crippen MR) is 102 cm³/mol. The fourth-order valence-electron chi connectivity index (χ4n) is 3.84. The van der Waals surface area contributed by atoms with Gasteiger partial charge in [-0.25, -0.2) is 0 Å². The summed E-state index contributed by atoms with van der Waals surface area (Å²) in [6, 6.07) is 6.31. The average Bonchev–Trinajstić information content (AvgIpc) is 3.35. The van der Waals surface area contributed by atoms with Gasteiger partial charge in [0.05, 0.1) is 11.6 Å². The second-order valence-electron chi connectivity index (χ2n) is 7.29. The Morgan fingerprint density at radius 3 is 2.96 bits per heavy atom. The van der Waals surface area contributed by atoms with Gasteiger partial charge in [-0.15, -0.1) is 5.10 Å². The van der Waals surface area contributed by atoms with Crippen LogP contribution in [-0.4, -0.2) is 50.1 Å². The lowest BCUT2D eigenvalue weighted by molar-refractivity contribution is -0.133. The van der Waals surface area contributed by atoms with Gasteiger partial charge in [0, 0.05) is 37.1 Å². The molecular formula is C20H25N5O2. The smallest absolute Gasteiger partial charge is 0.222 e. The lowest BCUT2D eigenvalue weighted by Gasteiger charge is -2.25. The van der Waals surface area contributed by atoms with Crippen LogP contribution >= 0.6 is 0 Å². The summed E-state index contributed by atoms with van der Waals surface area (Å²) in [6.45, 7) is 7.95. The first-order valence-electron chi connectivity index (χ1n) is 9.57. The van der Waals surface area contributed by atoms with E-state index in [1.807, 2.05) is 11.8 Å². The topological polar surface area (TPSA) is 72.6 Å². The standard InChI is InChI=1S/C20H25N5O2/c1-4-18(26)24(12-17-6-5-9-27-17)11-16-10-15-8-7-13(2)14(3)19(15)25-20(16)21-22-23-25/h7-8,10,17H,4-6,9,11-12H2,1-3H3/t17-/m1/s1. The van der Waals surface area contributed by atoms with Gasteiger partial charge in [-0.3, -0.25) is 4.79 Å². The van der Waals surface area contributed by atoms with Crippen molar-refractivity contribution in [3.8, 4) is 0 Å². The highest BCUT2D eigenvalue weighted by Gasteiger charge is 2.23. The van der Waals surface area contributed by atoms with Crippen molar-refractivity contribution in [1.82, 2.24) is 24.9 Å². The molecule has 1 fully saturated rings. The van der Waals surface area contributed by atoms with Crippen LogP contribution in [-0.2, 0) is 16.1 Å². The summed E-state index contributed by atoms with van der Waals surface area (Å²) < 4.78 is 7.55. The zero-order valence-corrected chi connectivity index (χ0v) is 16.1. The van der Waals surface area contributed by atoms with Crippen molar-refractivity contribution in [3.05, 3.63) is 34.9 Å². The molecule has 0 unspecified atom stereocenters. The van der Waals surface area contributed by atoms with Crippen LogP contribution in [0.2, 0.25) is 0 Å². The first-order valence-corrected chi connectivity index (χ1v) is 9.57. The number of rotatable bonds is 5. The second-order valence-corrected chi connectivity index (χ2v) is 7.29. The summed E-state index contributed by atoms with van der Waals surface area (Å²) in [4.78, 5) is 14.4. The zero-order chi connectivity index (χ0) is 19.0. The van der Waals surface area contributed by atoms with E-state index in [2.05, 4.69) is 47.6 Å². The molecule has 0 saturated carbocycles. The van der Waals surface area contributed by atoms with Gasteiger partial charge in [0.25, 0.3) is 0 Å². The van der Waals surface area contributed by atoms with Crippen molar-refractivity contribution in [2.45, 2.75) is 52.7 Å². The van der Waals surface area contributed by atoms with Gasteiger partial charge in [0.2, 0.25) is 5.91 Å². The third kappa shape index (κ3) is 3.27. The number of fused-ring (bicyclic) bond motifs is 3. The van der Waals surface area contributed by atoms with E-state index in [-0.39, 0.29) is 12.0 Å². The molecule has 0 spiro atoms. The van der Waals surface area contributed by atoms with Crippen LogP contribution in [0, 0.1) is 13.8 Å². The van der Waals surface area contributed by atoms with Gasteiger partial charge in [0.1, 0.15) is 0 Å². The molecule has 0 aliphatic carbocycles. The van der Waals surface area contributed by atoms with Crippen molar-refractivity contribution >= 4 is 22.5 Å². The van der Waals surface area contributed by atoms with Gasteiger partial charge in [-0.2, -0.15) is 4.52 Å². The highest BCUT2D eigenvalue weighted by Crippen LogP contribution is 2.26. The molecule has 7 nitrogen and oxygen atoms in total. The number of hydrogen-bond acceptors (Lipinski definition) is 5. The quantitative estimate of drug-likeness (QED) is 0.693. The van der Waals surface area contributed by atoms with E-state index in [0.717, 1.165) is 41.5 Å². The number of aromatic nitrogens is 4. The summed E-state index contributed by atoms with van der Waals surface area (Å²) in [6.07, 6.45) is 2.66. The van der Waals surface area contributed by atoms with Crippen LogP contribution < -0.4 is 0 Å². The van der Waals surface area contributed by atoms with E-state index in [1.165, 1.54) is 5.56 Å².